The van der Waals surface area contributed by atoms with Crippen molar-refractivity contribution in [1.82, 2.24) is 10.3 Å². The van der Waals surface area contributed by atoms with Crippen LogP contribution in [0.15, 0.2) is 0 Å². The van der Waals surface area contributed by atoms with E-state index in [2.05, 4.69) is 15.0 Å². The Balaban J connectivity index is 2.30. The predicted molar refractivity (Wildman–Crippen MR) is 72.9 cm³/mol. The average molecular weight is 304 g/mol. The fraction of sp³-hybridized carbons (Fsp3) is 0.545. The number of carbonyl (C=O) groups excluding carboxylic acids is 2. The Bertz CT molecular complexity index is 505. The van der Waals surface area contributed by atoms with Crippen LogP contribution in [0.2, 0.25) is 5.15 Å². The molecule has 0 aromatic carbocycles. The van der Waals surface area contributed by atoms with E-state index in [1.165, 1.54) is 7.11 Å². The van der Waals surface area contributed by atoms with E-state index in [1.54, 1.807) is 0 Å². The van der Waals surface area contributed by atoms with Crippen LogP contribution in [0.4, 0.5) is 5.13 Å². The van der Waals surface area contributed by atoms with Crippen LogP contribution in [0.1, 0.15) is 23.0 Å². The topological polar surface area (TPSA) is 71.5 Å². The molecular weight excluding hydrogens is 290 g/mol. The summed E-state index contributed by atoms with van der Waals surface area (Å²) >= 11 is 7.08. The lowest BCUT2D eigenvalue weighted by Crippen LogP contribution is -2.55. The maximum absolute atomic E-state index is 11.8. The van der Waals surface area contributed by atoms with Gasteiger partial charge in [0.05, 0.1) is 7.11 Å². The molecule has 1 aliphatic rings. The lowest BCUT2D eigenvalue weighted by Gasteiger charge is -2.34. The number of aromatic nitrogens is 1. The van der Waals surface area contributed by atoms with Gasteiger partial charge in [-0.3, -0.25) is 4.79 Å². The van der Waals surface area contributed by atoms with Crippen LogP contribution >= 0.6 is 22.9 Å². The molecule has 2 rings (SSSR count). The number of amides is 1. The molecule has 1 aromatic rings. The molecule has 1 unspecified atom stereocenters. The van der Waals surface area contributed by atoms with E-state index in [0.29, 0.717) is 24.6 Å². The smallest absolute Gasteiger partial charge is 0.351 e. The minimum absolute atomic E-state index is 0.0281. The van der Waals surface area contributed by atoms with Gasteiger partial charge in [-0.05, 0) is 6.42 Å². The summed E-state index contributed by atoms with van der Waals surface area (Å²) in [5, 5.41) is 3.50. The highest BCUT2D eigenvalue weighted by molar-refractivity contribution is 7.18. The van der Waals surface area contributed by atoms with Crippen LogP contribution in [-0.4, -0.2) is 43.1 Å². The SMILES string of the molecule is CCC1C(=O)NCCN1c1nc(Cl)c(C(=O)OC)s1. The molecule has 1 fully saturated rings. The first-order valence-corrected chi connectivity index (χ1v) is 7.07. The van der Waals surface area contributed by atoms with Gasteiger partial charge in [-0.25, -0.2) is 9.78 Å². The fourth-order valence-corrected chi connectivity index (χ4v) is 3.26. The number of rotatable bonds is 3. The zero-order chi connectivity index (χ0) is 14.0. The third kappa shape index (κ3) is 2.66. The van der Waals surface area contributed by atoms with Gasteiger partial charge in [-0.1, -0.05) is 29.9 Å². The van der Waals surface area contributed by atoms with E-state index < -0.39 is 5.97 Å². The number of hydrogen-bond acceptors (Lipinski definition) is 6. The van der Waals surface area contributed by atoms with Crippen molar-refractivity contribution in [3.05, 3.63) is 10.0 Å². The van der Waals surface area contributed by atoms with Gasteiger partial charge in [0.15, 0.2) is 15.2 Å². The number of esters is 1. The summed E-state index contributed by atoms with van der Waals surface area (Å²) in [4.78, 5) is 29.6. The Labute approximate surface area is 119 Å². The molecule has 1 amide bonds. The highest BCUT2D eigenvalue weighted by Crippen LogP contribution is 2.32. The molecule has 19 heavy (non-hydrogen) atoms. The molecule has 0 bridgehead atoms. The minimum Gasteiger partial charge on any atom is -0.465 e. The number of carbonyl (C=O) groups is 2. The molecule has 1 aliphatic heterocycles. The molecule has 0 spiro atoms. The number of nitrogens with one attached hydrogen (secondary N) is 1. The Morgan fingerprint density at radius 1 is 1.68 bits per heavy atom. The van der Waals surface area contributed by atoms with Crippen LogP contribution in [0.25, 0.3) is 0 Å². The van der Waals surface area contributed by atoms with E-state index in [-0.39, 0.29) is 22.0 Å². The third-order valence-corrected chi connectivity index (χ3v) is 4.37. The monoisotopic (exact) mass is 303 g/mol. The summed E-state index contributed by atoms with van der Waals surface area (Å²) in [6, 6.07) is -0.276. The van der Waals surface area contributed by atoms with Gasteiger partial charge in [0.25, 0.3) is 0 Å². The lowest BCUT2D eigenvalue weighted by atomic mass is 10.1. The number of nitrogens with zero attached hydrogens (tertiary/aromatic N) is 2. The zero-order valence-corrected chi connectivity index (χ0v) is 12.2. The molecule has 1 N–H and O–H groups in total. The normalized spacial score (nSPS) is 19.2. The van der Waals surface area contributed by atoms with Crippen LogP contribution < -0.4 is 10.2 Å². The summed E-state index contributed by atoms with van der Waals surface area (Å²) in [5.41, 5.74) is 0. The second-order valence-electron chi connectivity index (χ2n) is 4.02. The van der Waals surface area contributed by atoms with Crippen LogP contribution in [0.5, 0.6) is 0 Å². The fourth-order valence-electron chi connectivity index (χ4n) is 1.98. The van der Waals surface area contributed by atoms with Crippen molar-refractivity contribution in [1.29, 1.82) is 0 Å². The van der Waals surface area contributed by atoms with E-state index in [1.807, 2.05) is 11.8 Å². The summed E-state index contributed by atoms with van der Waals surface area (Å²) in [6.45, 7) is 3.13. The van der Waals surface area contributed by atoms with Crippen LogP contribution in [0, 0.1) is 0 Å². The molecule has 6 nitrogen and oxygen atoms in total. The molecule has 0 saturated carbocycles. The summed E-state index contributed by atoms with van der Waals surface area (Å²) in [7, 11) is 1.29. The molecule has 104 valence electrons. The van der Waals surface area contributed by atoms with Gasteiger partial charge >= 0.3 is 5.97 Å². The summed E-state index contributed by atoms with van der Waals surface area (Å²) in [5.74, 6) is -0.539. The maximum atomic E-state index is 11.8. The standard InChI is InChI=1S/C11H14ClN3O3S/c1-3-6-9(16)13-4-5-15(6)11-14-8(12)7(19-11)10(17)18-2/h6H,3-5H2,1-2H3,(H,13,16). The second-order valence-corrected chi connectivity index (χ2v) is 5.35. The first-order chi connectivity index (χ1) is 9.08. The lowest BCUT2D eigenvalue weighted by molar-refractivity contribution is -0.123. The maximum Gasteiger partial charge on any atom is 0.351 e. The van der Waals surface area contributed by atoms with Crippen molar-refractivity contribution in [2.45, 2.75) is 19.4 Å². The van der Waals surface area contributed by atoms with Crippen LogP contribution in [0.3, 0.4) is 0 Å². The Kier molecular flexibility index (Phi) is 4.26. The average Bonchev–Trinajstić information content (AvgIpc) is 2.79. The zero-order valence-electron chi connectivity index (χ0n) is 10.6. The van der Waals surface area contributed by atoms with E-state index in [0.717, 1.165) is 11.3 Å². The molecular formula is C11H14ClN3O3S. The molecule has 1 aromatic heterocycles. The van der Waals surface area contributed by atoms with Crippen molar-refractivity contribution in [2.24, 2.45) is 0 Å². The van der Waals surface area contributed by atoms with Gasteiger partial charge in [0.2, 0.25) is 5.91 Å². The molecule has 1 saturated heterocycles. The second kappa shape index (κ2) is 5.75. The number of halogens is 1. The van der Waals surface area contributed by atoms with Crippen molar-refractivity contribution >= 4 is 39.9 Å². The van der Waals surface area contributed by atoms with Crippen LogP contribution in [-0.2, 0) is 9.53 Å². The van der Waals surface area contributed by atoms with Crippen molar-refractivity contribution in [3.8, 4) is 0 Å². The van der Waals surface area contributed by atoms with E-state index in [4.69, 9.17) is 11.6 Å². The molecule has 0 aliphatic carbocycles. The largest absolute Gasteiger partial charge is 0.465 e. The first-order valence-electron chi connectivity index (χ1n) is 5.87. The molecule has 1 atom stereocenters. The number of methoxy groups -OCH3 is 1. The van der Waals surface area contributed by atoms with Gasteiger partial charge < -0.3 is 15.0 Å². The molecule has 2 heterocycles. The van der Waals surface area contributed by atoms with Gasteiger partial charge in [-0.2, -0.15) is 0 Å². The molecule has 0 radical (unpaired) electrons. The number of hydrogen-bond donors (Lipinski definition) is 1. The third-order valence-electron chi connectivity index (χ3n) is 2.91. The number of thiazole rings is 1. The predicted octanol–water partition coefficient (Wildman–Crippen LogP) is 1.30. The van der Waals surface area contributed by atoms with Gasteiger partial charge in [0.1, 0.15) is 6.04 Å². The Morgan fingerprint density at radius 2 is 2.42 bits per heavy atom. The quantitative estimate of drug-likeness (QED) is 0.852. The van der Waals surface area contributed by atoms with E-state index in [9.17, 15) is 9.59 Å². The number of piperazine rings is 1. The first kappa shape index (κ1) is 14.1. The number of ether oxygens (including phenoxy) is 1. The van der Waals surface area contributed by atoms with Crippen molar-refractivity contribution in [3.63, 3.8) is 0 Å². The van der Waals surface area contributed by atoms with Gasteiger partial charge in [0, 0.05) is 13.1 Å². The Morgan fingerprint density at radius 3 is 3.05 bits per heavy atom. The summed E-state index contributed by atoms with van der Waals surface area (Å²) in [6.07, 6.45) is 0.663. The van der Waals surface area contributed by atoms with Crippen molar-refractivity contribution in [2.75, 3.05) is 25.1 Å². The number of anilines is 1. The van der Waals surface area contributed by atoms with Crippen molar-refractivity contribution < 1.29 is 14.3 Å². The van der Waals surface area contributed by atoms with Gasteiger partial charge in [-0.15, -0.1) is 0 Å². The van der Waals surface area contributed by atoms with E-state index >= 15 is 0 Å². The minimum atomic E-state index is -0.511. The summed E-state index contributed by atoms with van der Waals surface area (Å²) < 4.78 is 4.64. The molecule has 8 heteroatoms. The highest BCUT2D eigenvalue weighted by Gasteiger charge is 2.31. The Hall–Kier alpha value is -1.34. The highest BCUT2D eigenvalue weighted by atomic mass is 35.5.